The first-order chi connectivity index (χ1) is 12.2. The van der Waals surface area contributed by atoms with Crippen LogP contribution < -0.4 is 20.1 Å². The number of nitrogens with one attached hydrogen (secondary N) is 2. The summed E-state index contributed by atoms with van der Waals surface area (Å²) in [6.07, 6.45) is 6.25. The molecular weight excluding hydrogens is 320 g/mol. The molecule has 2 rings (SSSR count). The van der Waals surface area contributed by atoms with Crippen molar-refractivity contribution in [2.75, 3.05) is 13.3 Å². The molecular formula is C19H28N2O4. The largest absolute Gasteiger partial charge is 0.454 e. The summed E-state index contributed by atoms with van der Waals surface area (Å²) >= 11 is 0. The highest BCUT2D eigenvalue weighted by atomic mass is 16.7. The molecule has 2 amide bonds. The maximum Gasteiger partial charge on any atom is 0.231 e. The third-order valence-electron chi connectivity index (χ3n) is 4.11. The van der Waals surface area contributed by atoms with Gasteiger partial charge in [0.15, 0.2) is 11.5 Å². The Morgan fingerprint density at radius 2 is 1.68 bits per heavy atom. The normalized spacial score (nSPS) is 12.0. The number of amides is 2. The van der Waals surface area contributed by atoms with Gasteiger partial charge in [-0.15, -0.1) is 0 Å². The molecule has 6 heteroatoms. The molecule has 138 valence electrons. The van der Waals surface area contributed by atoms with Gasteiger partial charge in [-0.25, -0.2) is 0 Å². The van der Waals surface area contributed by atoms with Gasteiger partial charge < -0.3 is 20.1 Å². The lowest BCUT2D eigenvalue weighted by molar-refractivity contribution is -0.126. The van der Waals surface area contributed by atoms with Gasteiger partial charge in [0.25, 0.3) is 0 Å². The van der Waals surface area contributed by atoms with E-state index in [1.165, 1.54) is 19.3 Å². The van der Waals surface area contributed by atoms with Crippen LogP contribution in [0.15, 0.2) is 18.2 Å². The Labute approximate surface area is 149 Å². The maximum absolute atomic E-state index is 11.9. The molecule has 0 bridgehead atoms. The van der Waals surface area contributed by atoms with Crippen molar-refractivity contribution in [1.82, 2.24) is 10.6 Å². The average molecular weight is 348 g/mol. The van der Waals surface area contributed by atoms with Crippen molar-refractivity contribution in [3.05, 3.63) is 23.8 Å². The van der Waals surface area contributed by atoms with Crippen LogP contribution in [0.5, 0.6) is 11.5 Å². The molecule has 0 radical (unpaired) electrons. The Bertz CT molecular complexity index is 575. The molecule has 0 saturated heterocycles. The van der Waals surface area contributed by atoms with E-state index in [1.807, 2.05) is 18.2 Å². The zero-order valence-corrected chi connectivity index (χ0v) is 14.9. The fourth-order valence-corrected chi connectivity index (χ4v) is 2.61. The molecule has 1 aromatic carbocycles. The van der Waals surface area contributed by atoms with Gasteiger partial charge in [-0.1, -0.05) is 38.7 Å². The van der Waals surface area contributed by atoms with Crippen LogP contribution in [-0.2, 0) is 16.1 Å². The van der Waals surface area contributed by atoms with Gasteiger partial charge in [0.1, 0.15) is 0 Å². The minimum Gasteiger partial charge on any atom is -0.454 e. The Hall–Kier alpha value is -2.24. The number of unbranched alkanes of at least 4 members (excludes halogenated alkanes) is 4. The van der Waals surface area contributed by atoms with Crippen LogP contribution in [0.1, 0.15) is 57.4 Å². The SMILES string of the molecule is CCCCCCCNC(=O)CCC(=O)NCc1ccc2c(c1)OCO2. The molecule has 1 aliphatic rings. The molecule has 25 heavy (non-hydrogen) atoms. The number of fused-ring (bicyclic) bond motifs is 1. The predicted octanol–water partition coefficient (Wildman–Crippen LogP) is 2.90. The van der Waals surface area contributed by atoms with E-state index in [0.29, 0.717) is 18.8 Å². The van der Waals surface area contributed by atoms with Gasteiger partial charge in [0.05, 0.1) is 0 Å². The summed E-state index contributed by atoms with van der Waals surface area (Å²) in [5.74, 6) is 1.23. The van der Waals surface area contributed by atoms with Crippen molar-refractivity contribution >= 4 is 11.8 Å². The second-order valence-electron chi connectivity index (χ2n) is 6.23. The van der Waals surface area contributed by atoms with Gasteiger partial charge in [-0.05, 0) is 24.1 Å². The average Bonchev–Trinajstić information content (AvgIpc) is 3.09. The van der Waals surface area contributed by atoms with E-state index in [1.54, 1.807) is 0 Å². The Morgan fingerprint density at radius 3 is 2.48 bits per heavy atom. The fraction of sp³-hybridized carbons (Fsp3) is 0.579. The second kappa shape index (κ2) is 10.6. The van der Waals surface area contributed by atoms with Gasteiger partial charge >= 0.3 is 0 Å². The third-order valence-corrected chi connectivity index (χ3v) is 4.11. The minimum atomic E-state index is -0.129. The van der Waals surface area contributed by atoms with Gasteiger partial charge in [-0.2, -0.15) is 0 Å². The van der Waals surface area contributed by atoms with Crippen molar-refractivity contribution in [3.63, 3.8) is 0 Å². The predicted molar refractivity (Wildman–Crippen MR) is 95.4 cm³/mol. The lowest BCUT2D eigenvalue weighted by Gasteiger charge is -2.07. The van der Waals surface area contributed by atoms with Crippen molar-refractivity contribution in [1.29, 1.82) is 0 Å². The van der Waals surface area contributed by atoms with Crippen molar-refractivity contribution in [2.24, 2.45) is 0 Å². The molecule has 1 aliphatic heterocycles. The number of benzene rings is 1. The first-order valence-electron chi connectivity index (χ1n) is 9.11. The molecule has 6 nitrogen and oxygen atoms in total. The number of carbonyl (C=O) groups is 2. The Balaban J connectivity index is 1.55. The highest BCUT2D eigenvalue weighted by Crippen LogP contribution is 2.32. The summed E-state index contributed by atoms with van der Waals surface area (Å²) in [4.78, 5) is 23.6. The van der Waals surface area contributed by atoms with E-state index in [9.17, 15) is 9.59 Å². The summed E-state index contributed by atoms with van der Waals surface area (Å²) in [7, 11) is 0. The summed E-state index contributed by atoms with van der Waals surface area (Å²) in [5, 5.41) is 5.69. The number of rotatable bonds is 11. The van der Waals surface area contributed by atoms with E-state index in [2.05, 4.69) is 17.6 Å². The standard InChI is InChI=1S/C19H28N2O4/c1-2-3-4-5-6-11-20-18(22)9-10-19(23)21-13-15-7-8-16-17(12-15)25-14-24-16/h7-8,12H,2-6,9-11,13-14H2,1H3,(H,20,22)(H,21,23). The highest BCUT2D eigenvalue weighted by Gasteiger charge is 2.13. The van der Waals surface area contributed by atoms with Crippen LogP contribution in [0.3, 0.4) is 0 Å². The third kappa shape index (κ3) is 7.03. The summed E-state index contributed by atoms with van der Waals surface area (Å²) in [5.41, 5.74) is 0.939. The van der Waals surface area contributed by atoms with Crippen molar-refractivity contribution in [3.8, 4) is 11.5 Å². The topological polar surface area (TPSA) is 76.7 Å². The van der Waals surface area contributed by atoms with Crippen molar-refractivity contribution in [2.45, 2.75) is 58.4 Å². The molecule has 0 unspecified atom stereocenters. The van der Waals surface area contributed by atoms with E-state index in [0.717, 1.165) is 24.2 Å². The first-order valence-corrected chi connectivity index (χ1v) is 9.11. The second-order valence-corrected chi connectivity index (χ2v) is 6.23. The monoisotopic (exact) mass is 348 g/mol. The van der Waals surface area contributed by atoms with Gasteiger partial charge in [-0.3, -0.25) is 9.59 Å². The maximum atomic E-state index is 11.9. The zero-order valence-electron chi connectivity index (χ0n) is 14.9. The molecule has 0 aliphatic carbocycles. The molecule has 1 heterocycles. The minimum absolute atomic E-state index is 0.0614. The van der Waals surface area contributed by atoms with E-state index in [-0.39, 0.29) is 31.4 Å². The lowest BCUT2D eigenvalue weighted by Crippen LogP contribution is -2.28. The van der Waals surface area contributed by atoms with Crippen LogP contribution in [0, 0.1) is 0 Å². The molecule has 0 fully saturated rings. The Morgan fingerprint density at radius 1 is 0.960 bits per heavy atom. The van der Waals surface area contributed by atoms with E-state index < -0.39 is 0 Å². The van der Waals surface area contributed by atoms with Crippen molar-refractivity contribution < 1.29 is 19.1 Å². The van der Waals surface area contributed by atoms with E-state index >= 15 is 0 Å². The number of ether oxygens (including phenoxy) is 2. The quantitative estimate of drug-likeness (QED) is 0.603. The fourth-order valence-electron chi connectivity index (χ4n) is 2.61. The molecule has 2 N–H and O–H groups in total. The summed E-state index contributed by atoms with van der Waals surface area (Å²) in [6.45, 7) is 3.52. The molecule has 0 spiro atoms. The van der Waals surface area contributed by atoms with Crippen LogP contribution >= 0.6 is 0 Å². The van der Waals surface area contributed by atoms with Crippen LogP contribution in [-0.4, -0.2) is 25.2 Å². The Kier molecular flexibility index (Phi) is 8.09. The molecule has 0 aromatic heterocycles. The summed E-state index contributed by atoms with van der Waals surface area (Å²) in [6, 6.07) is 5.57. The molecule has 1 aromatic rings. The lowest BCUT2D eigenvalue weighted by atomic mass is 10.1. The number of hydrogen-bond donors (Lipinski definition) is 2. The van der Waals surface area contributed by atoms with Crippen LogP contribution in [0.4, 0.5) is 0 Å². The van der Waals surface area contributed by atoms with Crippen LogP contribution in [0.2, 0.25) is 0 Å². The van der Waals surface area contributed by atoms with E-state index in [4.69, 9.17) is 9.47 Å². The first kappa shape index (κ1) is 19.1. The van der Waals surface area contributed by atoms with Gasteiger partial charge in [0.2, 0.25) is 18.6 Å². The highest BCUT2D eigenvalue weighted by molar-refractivity contribution is 5.83. The molecule has 0 saturated carbocycles. The number of carbonyl (C=O) groups excluding carboxylic acids is 2. The smallest absolute Gasteiger partial charge is 0.231 e. The molecule has 0 atom stereocenters. The number of hydrogen-bond acceptors (Lipinski definition) is 4. The zero-order chi connectivity index (χ0) is 17.9. The van der Waals surface area contributed by atoms with Gasteiger partial charge in [0, 0.05) is 25.9 Å². The van der Waals surface area contributed by atoms with Crippen LogP contribution in [0.25, 0.3) is 0 Å². The summed E-state index contributed by atoms with van der Waals surface area (Å²) < 4.78 is 10.6.